The summed E-state index contributed by atoms with van der Waals surface area (Å²) in [7, 11) is 1.69. The smallest absolute Gasteiger partial charge is 0.250 e. The lowest BCUT2D eigenvalue weighted by molar-refractivity contribution is 0.372. The molecule has 2 heterocycles. The van der Waals surface area contributed by atoms with Crippen molar-refractivity contribution < 1.29 is 4.74 Å². The Morgan fingerprint density at radius 2 is 1.83 bits per heavy atom. The van der Waals surface area contributed by atoms with Crippen molar-refractivity contribution in [2.75, 3.05) is 51.3 Å². The Kier molecular flexibility index (Phi) is 8.18. The summed E-state index contributed by atoms with van der Waals surface area (Å²) in [6, 6.07) is 13.5. The summed E-state index contributed by atoms with van der Waals surface area (Å²) in [6.07, 6.45) is 3.75. The molecule has 0 unspecified atom stereocenters. The molecule has 162 valence electrons. The number of hydrogen-bond donors (Lipinski definition) is 1. The number of guanidine groups is 1. The Labute approximate surface area is 179 Å². The lowest BCUT2D eigenvalue weighted by atomic mass is 10.2. The Bertz CT molecular complexity index is 854. The van der Waals surface area contributed by atoms with Gasteiger partial charge in [0, 0.05) is 63.8 Å². The number of pyridine rings is 1. The standard InChI is InChI=1S/C23H33N5O2/c1-3-24-23(25-13-5-7-15-27-14-6-4-8-22(27)29)28-18-16-26(17-19-28)20-9-11-21(30-2)12-10-20/h4,6,8-12,14H,3,5,7,13,15-19H2,1-2H3,(H,24,25). The van der Waals surface area contributed by atoms with Crippen LogP contribution in [0.25, 0.3) is 0 Å². The number of hydrogen-bond acceptors (Lipinski definition) is 4. The second kappa shape index (κ2) is 11.3. The van der Waals surface area contributed by atoms with Crippen LogP contribution in [0.1, 0.15) is 19.8 Å². The fraction of sp³-hybridized carbons (Fsp3) is 0.478. The molecule has 0 spiro atoms. The number of aromatic nitrogens is 1. The molecule has 1 aliphatic heterocycles. The molecule has 0 bridgehead atoms. The molecule has 1 N–H and O–H groups in total. The molecule has 7 heteroatoms. The maximum Gasteiger partial charge on any atom is 0.250 e. The van der Waals surface area contributed by atoms with Crippen LogP contribution in [0.3, 0.4) is 0 Å². The summed E-state index contributed by atoms with van der Waals surface area (Å²) in [5.74, 6) is 1.87. The maximum absolute atomic E-state index is 11.8. The average molecular weight is 412 g/mol. The number of aryl methyl sites for hydroxylation is 1. The monoisotopic (exact) mass is 411 g/mol. The van der Waals surface area contributed by atoms with E-state index in [1.54, 1.807) is 23.8 Å². The number of aliphatic imine (C=N–C) groups is 1. The minimum atomic E-state index is 0.0593. The molecule has 30 heavy (non-hydrogen) atoms. The third kappa shape index (κ3) is 6.02. The van der Waals surface area contributed by atoms with Gasteiger partial charge in [-0.05, 0) is 50.1 Å². The van der Waals surface area contributed by atoms with Gasteiger partial charge >= 0.3 is 0 Å². The fourth-order valence-electron chi connectivity index (χ4n) is 3.62. The minimum absolute atomic E-state index is 0.0593. The third-order valence-electron chi connectivity index (χ3n) is 5.32. The van der Waals surface area contributed by atoms with E-state index < -0.39 is 0 Å². The van der Waals surface area contributed by atoms with E-state index in [4.69, 9.17) is 9.73 Å². The number of nitrogens with zero attached hydrogens (tertiary/aromatic N) is 4. The quantitative estimate of drug-likeness (QED) is 0.411. The summed E-state index contributed by atoms with van der Waals surface area (Å²) >= 11 is 0. The summed E-state index contributed by atoms with van der Waals surface area (Å²) in [6.45, 7) is 8.28. The second-order valence-electron chi connectivity index (χ2n) is 7.35. The van der Waals surface area contributed by atoms with E-state index in [-0.39, 0.29) is 5.56 Å². The number of piperazine rings is 1. The van der Waals surface area contributed by atoms with Crippen molar-refractivity contribution in [2.24, 2.45) is 4.99 Å². The molecule has 0 aliphatic carbocycles. The Hall–Kier alpha value is -2.96. The Morgan fingerprint density at radius 1 is 1.07 bits per heavy atom. The predicted molar refractivity (Wildman–Crippen MR) is 123 cm³/mol. The van der Waals surface area contributed by atoms with Crippen molar-refractivity contribution in [3.63, 3.8) is 0 Å². The molecule has 3 rings (SSSR count). The van der Waals surface area contributed by atoms with E-state index in [1.165, 1.54) is 5.69 Å². The topological polar surface area (TPSA) is 62.1 Å². The maximum atomic E-state index is 11.8. The zero-order valence-corrected chi connectivity index (χ0v) is 18.1. The number of ether oxygens (including phenoxy) is 1. The molecule has 0 saturated carbocycles. The molecule has 1 aromatic carbocycles. The molecule has 1 aromatic heterocycles. The van der Waals surface area contributed by atoms with Crippen molar-refractivity contribution in [2.45, 2.75) is 26.3 Å². The highest BCUT2D eigenvalue weighted by atomic mass is 16.5. The van der Waals surface area contributed by atoms with E-state index in [2.05, 4.69) is 34.2 Å². The summed E-state index contributed by atoms with van der Waals surface area (Å²) in [5.41, 5.74) is 1.29. The Morgan fingerprint density at radius 3 is 2.50 bits per heavy atom. The zero-order valence-electron chi connectivity index (χ0n) is 18.1. The summed E-state index contributed by atoms with van der Waals surface area (Å²) in [4.78, 5) is 21.3. The largest absolute Gasteiger partial charge is 0.497 e. The first-order chi connectivity index (χ1) is 14.7. The molecular formula is C23H33N5O2. The summed E-state index contributed by atoms with van der Waals surface area (Å²) < 4.78 is 7.01. The van der Waals surface area contributed by atoms with Crippen LogP contribution in [0, 0.1) is 0 Å². The molecule has 0 radical (unpaired) electrons. The van der Waals surface area contributed by atoms with Gasteiger partial charge < -0.3 is 24.4 Å². The van der Waals surface area contributed by atoms with Crippen LogP contribution in [0.4, 0.5) is 5.69 Å². The predicted octanol–water partition coefficient (Wildman–Crippen LogP) is 2.42. The van der Waals surface area contributed by atoms with E-state index in [1.807, 2.05) is 24.4 Å². The molecule has 0 amide bonds. The number of anilines is 1. The second-order valence-corrected chi connectivity index (χ2v) is 7.35. The number of nitrogens with one attached hydrogen (secondary N) is 1. The molecular weight excluding hydrogens is 378 g/mol. The van der Waals surface area contributed by atoms with Gasteiger partial charge in [0.05, 0.1) is 7.11 Å². The average Bonchev–Trinajstić information content (AvgIpc) is 2.79. The van der Waals surface area contributed by atoms with Crippen molar-refractivity contribution in [1.82, 2.24) is 14.8 Å². The molecule has 7 nitrogen and oxygen atoms in total. The van der Waals surface area contributed by atoms with Gasteiger partial charge in [0.25, 0.3) is 0 Å². The van der Waals surface area contributed by atoms with E-state index in [0.717, 1.165) is 70.4 Å². The molecule has 1 saturated heterocycles. The third-order valence-corrected chi connectivity index (χ3v) is 5.32. The van der Waals surface area contributed by atoms with E-state index in [0.29, 0.717) is 0 Å². The zero-order chi connectivity index (χ0) is 21.2. The number of rotatable bonds is 8. The minimum Gasteiger partial charge on any atom is -0.497 e. The van der Waals surface area contributed by atoms with Crippen LogP contribution in [-0.2, 0) is 6.54 Å². The van der Waals surface area contributed by atoms with Crippen molar-refractivity contribution in [3.8, 4) is 5.75 Å². The van der Waals surface area contributed by atoms with Crippen molar-refractivity contribution >= 4 is 11.6 Å². The number of unbranched alkanes of at least 4 members (excludes halogenated alkanes) is 1. The fourth-order valence-corrected chi connectivity index (χ4v) is 3.62. The normalized spacial score (nSPS) is 14.7. The molecule has 2 aromatic rings. The lowest BCUT2D eigenvalue weighted by Crippen LogP contribution is -2.52. The molecule has 1 aliphatic rings. The van der Waals surface area contributed by atoms with Crippen LogP contribution >= 0.6 is 0 Å². The van der Waals surface area contributed by atoms with Crippen LogP contribution < -0.4 is 20.5 Å². The van der Waals surface area contributed by atoms with Crippen LogP contribution in [-0.4, -0.2) is 61.8 Å². The molecule has 1 fully saturated rings. The van der Waals surface area contributed by atoms with Crippen molar-refractivity contribution in [3.05, 3.63) is 59.0 Å². The van der Waals surface area contributed by atoms with Gasteiger partial charge in [-0.3, -0.25) is 9.79 Å². The van der Waals surface area contributed by atoms with Gasteiger partial charge in [-0.1, -0.05) is 6.07 Å². The highest BCUT2D eigenvalue weighted by Gasteiger charge is 2.19. The van der Waals surface area contributed by atoms with Gasteiger partial charge in [0.2, 0.25) is 5.56 Å². The Balaban J connectivity index is 1.47. The highest BCUT2D eigenvalue weighted by molar-refractivity contribution is 5.80. The first kappa shape index (κ1) is 21.7. The van der Waals surface area contributed by atoms with Crippen LogP contribution in [0.15, 0.2) is 58.4 Å². The van der Waals surface area contributed by atoms with Crippen LogP contribution in [0.5, 0.6) is 5.75 Å². The molecule has 0 atom stereocenters. The van der Waals surface area contributed by atoms with Gasteiger partial charge in [0.15, 0.2) is 5.96 Å². The lowest BCUT2D eigenvalue weighted by Gasteiger charge is -2.37. The van der Waals surface area contributed by atoms with Gasteiger partial charge in [-0.25, -0.2) is 0 Å². The first-order valence-electron chi connectivity index (χ1n) is 10.8. The number of methoxy groups -OCH3 is 1. The van der Waals surface area contributed by atoms with Gasteiger partial charge in [-0.15, -0.1) is 0 Å². The summed E-state index contributed by atoms with van der Waals surface area (Å²) in [5, 5.41) is 3.43. The van der Waals surface area contributed by atoms with E-state index >= 15 is 0 Å². The van der Waals surface area contributed by atoms with Crippen molar-refractivity contribution in [1.29, 1.82) is 0 Å². The van der Waals surface area contributed by atoms with E-state index in [9.17, 15) is 4.79 Å². The van der Waals surface area contributed by atoms with Gasteiger partial charge in [-0.2, -0.15) is 0 Å². The first-order valence-corrected chi connectivity index (χ1v) is 10.8. The van der Waals surface area contributed by atoms with Gasteiger partial charge in [0.1, 0.15) is 5.75 Å². The van der Waals surface area contributed by atoms with Crippen LogP contribution in [0.2, 0.25) is 0 Å². The number of benzene rings is 1. The SMILES string of the molecule is CCNC(=NCCCCn1ccccc1=O)N1CCN(c2ccc(OC)cc2)CC1. The highest BCUT2D eigenvalue weighted by Crippen LogP contribution is 2.20.